The molecule has 0 unspecified atom stereocenters. The summed E-state index contributed by atoms with van der Waals surface area (Å²) in [5.74, 6) is 0.734. The molecule has 0 saturated carbocycles. The molecule has 0 bridgehead atoms. The molecule has 0 radical (unpaired) electrons. The molecule has 1 rings (SSSR count). The van der Waals surface area contributed by atoms with Gasteiger partial charge in [-0.05, 0) is 26.0 Å². The zero-order valence-electron chi connectivity index (χ0n) is 6.68. The van der Waals surface area contributed by atoms with E-state index in [-0.39, 0.29) is 0 Å². The van der Waals surface area contributed by atoms with Crippen LogP contribution < -0.4 is 5.32 Å². The van der Waals surface area contributed by atoms with Crippen molar-refractivity contribution in [3.05, 3.63) is 23.7 Å². The molecule has 1 aliphatic heterocycles. The summed E-state index contributed by atoms with van der Waals surface area (Å²) in [6.07, 6.45) is 4.80. The fourth-order valence-electron chi connectivity index (χ4n) is 0.960. The van der Waals surface area contributed by atoms with E-state index in [1.165, 1.54) is 6.21 Å². The number of rotatable bonds is 1. The Morgan fingerprint density at radius 1 is 1.55 bits per heavy atom. The quantitative estimate of drug-likeness (QED) is 0.544. The van der Waals surface area contributed by atoms with E-state index in [2.05, 4.69) is 10.3 Å². The lowest BCUT2D eigenvalue weighted by Crippen LogP contribution is -2.15. The first kappa shape index (κ1) is 7.72. The molecule has 0 spiro atoms. The standard InChI is InChI=1S/C8H11N3/c1-6-5-7(2)11-8(10-6)3-4-9/h3-5,9-10H,1-2H3/b8-3+,9-4?. The highest BCUT2D eigenvalue weighted by atomic mass is 15.1. The highest BCUT2D eigenvalue weighted by Crippen LogP contribution is 2.04. The van der Waals surface area contributed by atoms with Crippen molar-refractivity contribution >= 4 is 11.9 Å². The molecule has 3 nitrogen and oxygen atoms in total. The van der Waals surface area contributed by atoms with Crippen molar-refractivity contribution in [2.24, 2.45) is 4.99 Å². The lowest BCUT2D eigenvalue weighted by Gasteiger charge is -2.11. The van der Waals surface area contributed by atoms with Gasteiger partial charge >= 0.3 is 0 Å². The summed E-state index contributed by atoms with van der Waals surface area (Å²) < 4.78 is 0. The van der Waals surface area contributed by atoms with Crippen molar-refractivity contribution in [3.63, 3.8) is 0 Å². The van der Waals surface area contributed by atoms with Crippen LogP contribution in [0.1, 0.15) is 13.8 Å². The maximum Gasteiger partial charge on any atom is 0.131 e. The van der Waals surface area contributed by atoms with Crippen LogP contribution in [-0.2, 0) is 0 Å². The number of hydrogen-bond acceptors (Lipinski definition) is 3. The topological polar surface area (TPSA) is 48.2 Å². The second-order valence-corrected chi connectivity index (χ2v) is 2.42. The van der Waals surface area contributed by atoms with Gasteiger partial charge in [0, 0.05) is 17.6 Å². The first-order valence-electron chi connectivity index (χ1n) is 3.44. The molecular weight excluding hydrogens is 138 g/mol. The van der Waals surface area contributed by atoms with Gasteiger partial charge in [0.05, 0.1) is 0 Å². The minimum atomic E-state index is 0.734. The lowest BCUT2D eigenvalue weighted by molar-refractivity contribution is 0.936. The zero-order valence-corrected chi connectivity index (χ0v) is 6.68. The van der Waals surface area contributed by atoms with E-state index in [9.17, 15) is 0 Å². The van der Waals surface area contributed by atoms with Gasteiger partial charge in [0.25, 0.3) is 0 Å². The Morgan fingerprint density at radius 2 is 2.27 bits per heavy atom. The molecule has 58 valence electrons. The van der Waals surface area contributed by atoms with E-state index >= 15 is 0 Å². The van der Waals surface area contributed by atoms with Crippen LogP contribution in [0.25, 0.3) is 0 Å². The maximum atomic E-state index is 6.84. The second kappa shape index (κ2) is 3.14. The molecule has 2 N–H and O–H groups in total. The highest BCUT2D eigenvalue weighted by molar-refractivity contribution is 5.95. The molecule has 0 fully saturated rings. The number of nitrogens with one attached hydrogen (secondary N) is 2. The average Bonchev–Trinajstić information content (AvgIpc) is 1.85. The van der Waals surface area contributed by atoms with E-state index in [0.717, 1.165) is 17.2 Å². The van der Waals surface area contributed by atoms with Gasteiger partial charge in [-0.2, -0.15) is 0 Å². The van der Waals surface area contributed by atoms with Crippen LogP contribution in [0.3, 0.4) is 0 Å². The number of hydrogen-bond donors (Lipinski definition) is 2. The van der Waals surface area contributed by atoms with Gasteiger partial charge in [0.1, 0.15) is 5.82 Å². The van der Waals surface area contributed by atoms with E-state index < -0.39 is 0 Å². The summed E-state index contributed by atoms with van der Waals surface area (Å²) in [4.78, 5) is 4.16. The predicted molar refractivity (Wildman–Crippen MR) is 46.9 cm³/mol. The molecule has 1 heterocycles. The Bertz CT molecular complexity index is 259. The molecular formula is C8H11N3. The van der Waals surface area contributed by atoms with E-state index in [4.69, 9.17) is 5.41 Å². The summed E-state index contributed by atoms with van der Waals surface area (Å²) in [7, 11) is 0. The van der Waals surface area contributed by atoms with Crippen molar-refractivity contribution < 1.29 is 0 Å². The third kappa shape index (κ3) is 2.04. The molecule has 3 heteroatoms. The molecule has 0 aliphatic carbocycles. The smallest absolute Gasteiger partial charge is 0.131 e. The fraction of sp³-hybridized carbons (Fsp3) is 0.250. The largest absolute Gasteiger partial charge is 0.344 e. The molecule has 0 aromatic heterocycles. The van der Waals surface area contributed by atoms with Crippen molar-refractivity contribution in [2.75, 3.05) is 0 Å². The summed E-state index contributed by atoms with van der Waals surface area (Å²) >= 11 is 0. The molecule has 0 aromatic rings. The zero-order chi connectivity index (χ0) is 8.27. The Labute approximate surface area is 66.0 Å². The first-order chi connectivity index (χ1) is 5.22. The molecule has 11 heavy (non-hydrogen) atoms. The van der Waals surface area contributed by atoms with Crippen LogP contribution in [0.4, 0.5) is 0 Å². The Hall–Kier alpha value is -1.38. The second-order valence-electron chi connectivity index (χ2n) is 2.42. The minimum Gasteiger partial charge on any atom is -0.344 e. The summed E-state index contributed by atoms with van der Waals surface area (Å²) in [5, 5.41) is 9.87. The van der Waals surface area contributed by atoms with Gasteiger partial charge in [-0.3, -0.25) is 0 Å². The predicted octanol–water partition coefficient (Wildman–Crippen LogP) is 1.45. The van der Waals surface area contributed by atoms with E-state index in [1.807, 2.05) is 19.9 Å². The SMILES string of the molecule is CC1=CC(C)=N/C(=C/C=N)N1. The normalized spacial score (nSPS) is 20.4. The average molecular weight is 149 g/mol. The van der Waals surface area contributed by atoms with Gasteiger partial charge in [0.2, 0.25) is 0 Å². The van der Waals surface area contributed by atoms with Gasteiger partial charge in [-0.1, -0.05) is 0 Å². The summed E-state index contributed by atoms with van der Waals surface area (Å²) in [5.41, 5.74) is 2.03. The lowest BCUT2D eigenvalue weighted by atomic mass is 10.3. The fourth-order valence-corrected chi connectivity index (χ4v) is 0.960. The summed E-state index contributed by atoms with van der Waals surface area (Å²) in [6.45, 7) is 3.90. The number of nitrogens with zero attached hydrogens (tertiary/aromatic N) is 1. The number of aliphatic imine (C=N–C) groups is 1. The van der Waals surface area contributed by atoms with Crippen LogP contribution >= 0.6 is 0 Å². The Morgan fingerprint density at radius 3 is 2.82 bits per heavy atom. The van der Waals surface area contributed by atoms with Crippen LogP contribution in [0.2, 0.25) is 0 Å². The van der Waals surface area contributed by atoms with Crippen LogP contribution in [0.5, 0.6) is 0 Å². The Kier molecular flexibility index (Phi) is 2.21. The van der Waals surface area contributed by atoms with E-state index in [0.29, 0.717) is 0 Å². The van der Waals surface area contributed by atoms with Crippen molar-refractivity contribution in [1.29, 1.82) is 5.41 Å². The van der Waals surface area contributed by atoms with Gasteiger partial charge < -0.3 is 10.7 Å². The van der Waals surface area contributed by atoms with Gasteiger partial charge in [0.15, 0.2) is 0 Å². The van der Waals surface area contributed by atoms with Crippen molar-refractivity contribution in [2.45, 2.75) is 13.8 Å². The van der Waals surface area contributed by atoms with E-state index in [1.54, 1.807) is 6.08 Å². The highest BCUT2D eigenvalue weighted by Gasteiger charge is 2.00. The minimum absolute atomic E-state index is 0.734. The molecule has 0 aromatic carbocycles. The van der Waals surface area contributed by atoms with Crippen LogP contribution in [-0.4, -0.2) is 11.9 Å². The van der Waals surface area contributed by atoms with Crippen LogP contribution in [0, 0.1) is 5.41 Å². The molecule has 0 atom stereocenters. The monoisotopic (exact) mass is 149 g/mol. The third-order valence-corrected chi connectivity index (χ3v) is 1.29. The van der Waals surface area contributed by atoms with Crippen molar-refractivity contribution in [1.82, 2.24) is 5.32 Å². The molecule has 0 amide bonds. The molecule has 1 aliphatic rings. The third-order valence-electron chi connectivity index (χ3n) is 1.29. The Balaban J connectivity index is 2.87. The van der Waals surface area contributed by atoms with Gasteiger partial charge in [-0.25, -0.2) is 4.99 Å². The van der Waals surface area contributed by atoms with Crippen LogP contribution in [0.15, 0.2) is 28.7 Å². The number of allylic oxidation sites excluding steroid dienone is 3. The maximum absolute atomic E-state index is 6.84. The molecule has 0 saturated heterocycles. The first-order valence-corrected chi connectivity index (χ1v) is 3.44. The van der Waals surface area contributed by atoms with Crippen molar-refractivity contribution in [3.8, 4) is 0 Å². The summed E-state index contributed by atoms with van der Waals surface area (Å²) in [6, 6.07) is 0. The van der Waals surface area contributed by atoms with Gasteiger partial charge in [-0.15, -0.1) is 0 Å².